The Morgan fingerprint density at radius 1 is 1.00 bits per heavy atom. The molecule has 0 spiro atoms. The van der Waals surface area contributed by atoms with Crippen LogP contribution >= 0.6 is 0 Å². The number of rotatable bonds is 3. The van der Waals surface area contributed by atoms with Crippen LogP contribution in [0.25, 0.3) is 17.2 Å². The van der Waals surface area contributed by atoms with Gasteiger partial charge in [-0.15, -0.1) is 0 Å². The number of imidazole rings is 1. The number of piperidine rings is 1. The standard InChI is InChI=1S/C16H16F2N6/c17-15(18)11-10-24-12(8-21-14(24)9-20-11)16-19-5-4-13(22-16)23-6-2-1-3-7-23/h4-5,8-10,15H,1-3,6-7H2. The molecular formula is C16H16F2N6. The Morgan fingerprint density at radius 2 is 1.83 bits per heavy atom. The summed E-state index contributed by atoms with van der Waals surface area (Å²) >= 11 is 0. The highest BCUT2D eigenvalue weighted by molar-refractivity contribution is 5.58. The molecule has 1 fully saturated rings. The van der Waals surface area contributed by atoms with Crippen LogP contribution in [0, 0.1) is 0 Å². The lowest BCUT2D eigenvalue weighted by Gasteiger charge is -2.27. The lowest BCUT2D eigenvalue weighted by Crippen LogP contribution is -2.30. The van der Waals surface area contributed by atoms with Crippen molar-refractivity contribution in [1.29, 1.82) is 0 Å². The van der Waals surface area contributed by atoms with Crippen LogP contribution in [0.15, 0.2) is 30.9 Å². The lowest BCUT2D eigenvalue weighted by molar-refractivity contribution is 0.145. The maximum atomic E-state index is 12.9. The third-order valence-electron chi connectivity index (χ3n) is 4.19. The van der Waals surface area contributed by atoms with E-state index in [-0.39, 0.29) is 5.69 Å². The van der Waals surface area contributed by atoms with Gasteiger partial charge in [0.25, 0.3) is 6.43 Å². The van der Waals surface area contributed by atoms with E-state index in [2.05, 4.69) is 24.8 Å². The van der Waals surface area contributed by atoms with E-state index in [0.29, 0.717) is 17.2 Å². The minimum Gasteiger partial charge on any atom is -0.357 e. The van der Waals surface area contributed by atoms with Crippen molar-refractivity contribution in [2.45, 2.75) is 25.7 Å². The van der Waals surface area contributed by atoms with Crippen molar-refractivity contribution in [3.8, 4) is 11.5 Å². The molecule has 3 aromatic heterocycles. The number of hydrogen-bond donors (Lipinski definition) is 0. The Balaban J connectivity index is 1.75. The summed E-state index contributed by atoms with van der Waals surface area (Å²) in [6, 6.07) is 1.88. The summed E-state index contributed by atoms with van der Waals surface area (Å²) in [6.45, 7) is 1.95. The molecule has 4 rings (SSSR count). The number of anilines is 1. The molecule has 0 amide bonds. The van der Waals surface area contributed by atoms with Gasteiger partial charge in [0.15, 0.2) is 11.5 Å². The van der Waals surface area contributed by atoms with Crippen LogP contribution in [0.2, 0.25) is 0 Å². The second-order valence-corrected chi connectivity index (χ2v) is 5.77. The third-order valence-corrected chi connectivity index (χ3v) is 4.19. The summed E-state index contributed by atoms with van der Waals surface area (Å²) < 4.78 is 27.4. The minimum atomic E-state index is -2.63. The van der Waals surface area contributed by atoms with Crippen LogP contribution in [0.5, 0.6) is 0 Å². The topological polar surface area (TPSA) is 59.2 Å². The lowest BCUT2D eigenvalue weighted by atomic mass is 10.1. The highest BCUT2D eigenvalue weighted by atomic mass is 19.3. The molecule has 0 N–H and O–H groups in total. The van der Waals surface area contributed by atoms with Gasteiger partial charge in [-0.25, -0.2) is 28.7 Å². The third kappa shape index (κ3) is 2.68. The largest absolute Gasteiger partial charge is 0.357 e. The minimum absolute atomic E-state index is 0.297. The van der Waals surface area contributed by atoms with Crippen molar-refractivity contribution in [1.82, 2.24) is 24.3 Å². The predicted molar refractivity (Wildman–Crippen MR) is 85.0 cm³/mol. The molecule has 0 unspecified atom stereocenters. The quantitative estimate of drug-likeness (QED) is 0.738. The normalized spacial score (nSPS) is 15.4. The molecule has 0 bridgehead atoms. The predicted octanol–water partition coefficient (Wildman–Crippen LogP) is 3.11. The van der Waals surface area contributed by atoms with Crippen LogP contribution < -0.4 is 4.90 Å². The van der Waals surface area contributed by atoms with Crippen LogP contribution in [-0.2, 0) is 0 Å². The Hall–Kier alpha value is -2.64. The maximum Gasteiger partial charge on any atom is 0.281 e. The molecule has 124 valence electrons. The van der Waals surface area contributed by atoms with Crippen LogP contribution in [0.3, 0.4) is 0 Å². The molecule has 0 aromatic carbocycles. The van der Waals surface area contributed by atoms with Gasteiger partial charge < -0.3 is 4.90 Å². The molecule has 1 aliphatic rings. The number of nitrogens with zero attached hydrogens (tertiary/aromatic N) is 6. The Bertz CT molecular complexity index is 857. The SMILES string of the molecule is FC(F)c1cn2c(-c3nccc(N4CCCCC4)n3)cnc2cn1. The second kappa shape index (κ2) is 6.10. The number of alkyl halides is 2. The summed E-state index contributed by atoms with van der Waals surface area (Å²) in [4.78, 5) is 19.1. The number of halogens is 2. The Morgan fingerprint density at radius 3 is 2.62 bits per heavy atom. The van der Waals surface area contributed by atoms with E-state index < -0.39 is 6.43 Å². The van der Waals surface area contributed by atoms with Crippen molar-refractivity contribution in [3.05, 3.63) is 36.5 Å². The fraction of sp³-hybridized carbons (Fsp3) is 0.375. The first-order valence-corrected chi connectivity index (χ1v) is 7.92. The summed E-state index contributed by atoms with van der Waals surface area (Å²) in [5.41, 5.74) is 0.767. The van der Waals surface area contributed by atoms with Gasteiger partial charge in [0.1, 0.15) is 17.2 Å². The van der Waals surface area contributed by atoms with Gasteiger partial charge in [-0.05, 0) is 25.3 Å². The Labute approximate surface area is 137 Å². The van der Waals surface area contributed by atoms with E-state index in [4.69, 9.17) is 0 Å². The molecule has 0 radical (unpaired) electrons. The first kappa shape index (κ1) is 14.9. The molecule has 1 aliphatic heterocycles. The van der Waals surface area contributed by atoms with Gasteiger partial charge in [0.2, 0.25) is 0 Å². The number of fused-ring (bicyclic) bond motifs is 1. The van der Waals surface area contributed by atoms with Crippen molar-refractivity contribution in [2.24, 2.45) is 0 Å². The van der Waals surface area contributed by atoms with E-state index in [1.54, 1.807) is 16.8 Å². The zero-order chi connectivity index (χ0) is 16.5. The van der Waals surface area contributed by atoms with Gasteiger partial charge in [-0.3, -0.25) is 4.40 Å². The number of aromatic nitrogens is 5. The molecular weight excluding hydrogens is 314 g/mol. The van der Waals surface area contributed by atoms with Gasteiger partial charge in [-0.2, -0.15) is 0 Å². The van der Waals surface area contributed by atoms with Crippen molar-refractivity contribution in [3.63, 3.8) is 0 Å². The first-order chi connectivity index (χ1) is 11.7. The van der Waals surface area contributed by atoms with Crippen LogP contribution in [0.1, 0.15) is 31.4 Å². The van der Waals surface area contributed by atoms with E-state index in [1.807, 2.05) is 6.07 Å². The molecule has 6 nitrogen and oxygen atoms in total. The molecule has 4 heterocycles. The van der Waals surface area contributed by atoms with Gasteiger partial charge in [0.05, 0.1) is 12.4 Å². The molecule has 0 aliphatic carbocycles. The zero-order valence-corrected chi connectivity index (χ0v) is 12.9. The van der Waals surface area contributed by atoms with Gasteiger partial charge in [0, 0.05) is 25.5 Å². The summed E-state index contributed by atoms with van der Waals surface area (Å²) in [6.07, 6.45) is 6.81. The highest BCUT2D eigenvalue weighted by Gasteiger charge is 2.16. The monoisotopic (exact) mass is 330 g/mol. The van der Waals surface area contributed by atoms with E-state index >= 15 is 0 Å². The number of hydrogen-bond acceptors (Lipinski definition) is 5. The van der Waals surface area contributed by atoms with E-state index in [1.165, 1.54) is 18.8 Å². The zero-order valence-electron chi connectivity index (χ0n) is 12.9. The molecule has 8 heteroatoms. The van der Waals surface area contributed by atoms with E-state index in [0.717, 1.165) is 31.7 Å². The first-order valence-electron chi connectivity index (χ1n) is 7.92. The smallest absolute Gasteiger partial charge is 0.281 e. The van der Waals surface area contributed by atoms with Crippen LogP contribution in [-0.4, -0.2) is 37.4 Å². The average molecular weight is 330 g/mol. The molecule has 0 atom stereocenters. The average Bonchev–Trinajstić information content (AvgIpc) is 3.05. The molecule has 0 saturated carbocycles. The molecule has 24 heavy (non-hydrogen) atoms. The maximum absolute atomic E-state index is 12.9. The van der Waals surface area contributed by atoms with E-state index in [9.17, 15) is 8.78 Å². The highest BCUT2D eigenvalue weighted by Crippen LogP contribution is 2.23. The summed E-state index contributed by atoms with van der Waals surface area (Å²) in [7, 11) is 0. The van der Waals surface area contributed by atoms with Gasteiger partial charge in [-0.1, -0.05) is 0 Å². The van der Waals surface area contributed by atoms with Crippen molar-refractivity contribution >= 4 is 11.5 Å². The Kier molecular flexibility index (Phi) is 3.79. The summed E-state index contributed by atoms with van der Waals surface area (Å²) in [5.74, 6) is 1.33. The summed E-state index contributed by atoms with van der Waals surface area (Å²) in [5, 5.41) is 0. The molecule has 3 aromatic rings. The fourth-order valence-electron chi connectivity index (χ4n) is 2.95. The van der Waals surface area contributed by atoms with Crippen molar-refractivity contribution in [2.75, 3.05) is 18.0 Å². The van der Waals surface area contributed by atoms with Crippen LogP contribution in [0.4, 0.5) is 14.6 Å². The van der Waals surface area contributed by atoms with Crippen molar-refractivity contribution < 1.29 is 8.78 Å². The fourth-order valence-corrected chi connectivity index (χ4v) is 2.95. The second-order valence-electron chi connectivity index (χ2n) is 5.77. The molecule has 1 saturated heterocycles. The van der Waals surface area contributed by atoms with Gasteiger partial charge >= 0.3 is 0 Å².